The molecular formula is C15H23N3O4. The molecule has 1 aromatic carbocycles. The van der Waals surface area contributed by atoms with Gasteiger partial charge in [-0.05, 0) is 12.1 Å². The number of nitrogens with one attached hydrogen (secondary N) is 1. The smallest absolute Gasteiger partial charge is 0.321 e. The summed E-state index contributed by atoms with van der Waals surface area (Å²) >= 11 is 0. The van der Waals surface area contributed by atoms with Gasteiger partial charge >= 0.3 is 6.03 Å². The monoisotopic (exact) mass is 309 g/mol. The summed E-state index contributed by atoms with van der Waals surface area (Å²) in [5.74, 6) is 1.20. The molecule has 0 saturated carbocycles. The molecule has 1 fully saturated rings. The minimum atomic E-state index is -0.129. The second-order valence-electron chi connectivity index (χ2n) is 5.05. The Morgan fingerprint density at radius 2 is 1.86 bits per heavy atom. The van der Waals surface area contributed by atoms with Crippen molar-refractivity contribution in [1.82, 2.24) is 9.80 Å². The van der Waals surface area contributed by atoms with Crippen LogP contribution in [0.5, 0.6) is 11.5 Å². The van der Waals surface area contributed by atoms with Gasteiger partial charge in [0.25, 0.3) is 0 Å². The summed E-state index contributed by atoms with van der Waals surface area (Å²) in [6.07, 6.45) is 0. The molecule has 1 aliphatic heterocycles. The first-order valence-corrected chi connectivity index (χ1v) is 7.29. The van der Waals surface area contributed by atoms with Gasteiger partial charge in [0.05, 0.1) is 20.8 Å². The van der Waals surface area contributed by atoms with Crippen molar-refractivity contribution in [3.05, 3.63) is 18.2 Å². The molecule has 0 spiro atoms. The molecule has 1 heterocycles. The molecule has 2 N–H and O–H groups in total. The topological polar surface area (TPSA) is 74.3 Å². The number of piperazine rings is 1. The maximum atomic E-state index is 12.3. The zero-order valence-corrected chi connectivity index (χ0v) is 13.0. The van der Waals surface area contributed by atoms with Crippen molar-refractivity contribution >= 4 is 11.7 Å². The predicted octanol–water partition coefficient (Wildman–Crippen LogP) is 0.846. The largest absolute Gasteiger partial charge is 0.493 e. The molecule has 2 amide bonds. The van der Waals surface area contributed by atoms with Crippen molar-refractivity contribution in [2.45, 2.75) is 0 Å². The number of hydrogen-bond acceptors (Lipinski definition) is 5. The Bertz CT molecular complexity index is 502. The third-order valence-corrected chi connectivity index (χ3v) is 3.71. The third kappa shape index (κ3) is 4.02. The van der Waals surface area contributed by atoms with E-state index >= 15 is 0 Å². The van der Waals surface area contributed by atoms with Crippen LogP contribution < -0.4 is 14.8 Å². The normalized spacial score (nSPS) is 15.5. The van der Waals surface area contributed by atoms with Gasteiger partial charge < -0.3 is 24.8 Å². The number of nitrogens with zero attached hydrogens (tertiary/aromatic N) is 2. The molecule has 0 aliphatic carbocycles. The number of rotatable bonds is 5. The molecule has 7 heteroatoms. The number of aliphatic hydroxyl groups excluding tert-OH is 1. The second kappa shape index (κ2) is 7.86. The van der Waals surface area contributed by atoms with Crippen LogP contribution in [0.2, 0.25) is 0 Å². The number of amides is 2. The highest BCUT2D eigenvalue weighted by molar-refractivity contribution is 5.89. The first-order valence-electron chi connectivity index (χ1n) is 7.29. The van der Waals surface area contributed by atoms with Gasteiger partial charge in [-0.25, -0.2) is 4.79 Å². The minimum absolute atomic E-state index is 0.129. The summed E-state index contributed by atoms with van der Waals surface area (Å²) in [7, 11) is 3.13. The molecule has 122 valence electrons. The SMILES string of the molecule is COc1ccc(NC(=O)N2CCN(CCO)CC2)cc1OC. The number of benzene rings is 1. The number of carbonyl (C=O) groups excluding carboxylic acids is 1. The van der Waals surface area contributed by atoms with E-state index in [2.05, 4.69) is 10.2 Å². The van der Waals surface area contributed by atoms with Gasteiger partial charge in [0.15, 0.2) is 11.5 Å². The number of hydrogen-bond donors (Lipinski definition) is 2. The average Bonchev–Trinajstić information content (AvgIpc) is 2.55. The number of aliphatic hydroxyl groups is 1. The van der Waals surface area contributed by atoms with Crippen LogP contribution in [0.3, 0.4) is 0 Å². The Hall–Kier alpha value is -1.99. The van der Waals surface area contributed by atoms with Crippen molar-refractivity contribution in [2.24, 2.45) is 0 Å². The fourth-order valence-corrected chi connectivity index (χ4v) is 2.43. The van der Waals surface area contributed by atoms with Gasteiger partial charge in [-0.2, -0.15) is 0 Å². The van der Waals surface area contributed by atoms with Crippen LogP contribution in [-0.4, -0.2) is 74.5 Å². The van der Waals surface area contributed by atoms with Crippen molar-refractivity contribution in [3.63, 3.8) is 0 Å². The van der Waals surface area contributed by atoms with E-state index in [4.69, 9.17) is 14.6 Å². The lowest BCUT2D eigenvalue weighted by Gasteiger charge is -2.34. The van der Waals surface area contributed by atoms with Crippen LogP contribution in [0, 0.1) is 0 Å². The summed E-state index contributed by atoms with van der Waals surface area (Å²) < 4.78 is 10.4. The number of methoxy groups -OCH3 is 2. The fourth-order valence-electron chi connectivity index (χ4n) is 2.43. The molecule has 1 aliphatic rings. The number of β-amino-alcohol motifs (C(OH)–C–C–N with tert-alkyl or cyclic N) is 1. The van der Waals surface area contributed by atoms with Crippen LogP contribution in [-0.2, 0) is 0 Å². The molecule has 7 nitrogen and oxygen atoms in total. The van der Waals surface area contributed by atoms with Crippen LogP contribution in [0.15, 0.2) is 18.2 Å². The molecule has 0 radical (unpaired) electrons. The standard InChI is InChI=1S/C15H23N3O4/c1-21-13-4-3-12(11-14(13)22-2)16-15(20)18-7-5-17(6-8-18)9-10-19/h3-4,11,19H,5-10H2,1-2H3,(H,16,20). The Morgan fingerprint density at radius 3 is 2.45 bits per heavy atom. The van der Waals surface area contributed by atoms with Gasteiger partial charge in [-0.1, -0.05) is 0 Å². The lowest BCUT2D eigenvalue weighted by molar-refractivity contribution is 0.127. The Balaban J connectivity index is 1.92. The first kappa shape index (κ1) is 16.4. The summed E-state index contributed by atoms with van der Waals surface area (Å²) in [5, 5.41) is 11.8. The minimum Gasteiger partial charge on any atom is -0.493 e. The molecule has 0 aromatic heterocycles. The predicted molar refractivity (Wildman–Crippen MR) is 83.7 cm³/mol. The van der Waals surface area contributed by atoms with Crippen molar-refractivity contribution in [1.29, 1.82) is 0 Å². The Morgan fingerprint density at radius 1 is 1.18 bits per heavy atom. The highest BCUT2D eigenvalue weighted by Gasteiger charge is 2.20. The van der Waals surface area contributed by atoms with Gasteiger partial charge in [-0.3, -0.25) is 4.90 Å². The molecule has 1 aromatic rings. The van der Waals surface area contributed by atoms with Gasteiger partial charge in [0, 0.05) is 44.5 Å². The van der Waals surface area contributed by atoms with E-state index in [1.807, 2.05) is 0 Å². The number of carbonyl (C=O) groups is 1. The van der Waals surface area contributed by atoms with Crippen molar-refractivity contribution in [2.75, 3.05) is 58.9 Å². The Kier molecular flexibility index (Phi) is 5.85. The van der Waals surface area contributed by atoms with E-state index in [1.165, 1.54) is 0 Å². The van der Waals surface area contributed by atoms with Gasteiger partial charge in [0.2, 0.25) is 0 Å². The van der Waals surface area contributed by atoms with E-state index in [-0.39, 0.29) is 12.6 Å². The molecule has 0 unspecified atom stereocenters. The Labute approximate surface area is 130 Å². The summed E-state index contributed by atoms with van der Waals surface area (Å²) in [6.45, 7) is 3.67. The zero-order chi connectivity index (χ0) is 15.9. The van der Waals surface area contributed by atoms with Crippen LogP contribution in [0.4, 0.5) is 10.5 Å². The highest BCUT2D eigenvalue weighted by atomic mass is 16.5. The molecule has 22 heavy (non-hydrogen) atoms. The third-order valence-electron chi connectivity index (χ3n) is 3.71. The maximum absolute atomic E-state index is 12.3. The number of urea groups is 1. The number of ether oxygens (including phenoxy) is 2. The van der Waals surface area contributed by atoms with Crippen LogP contribution in [0.25, 0.3) is 0 Å². The van der Waals surface area contributed by atoms with Gasteiger partial charge in [0.1, 0.15) is 0 Å². The second-order valence-corrected chi connectivity index (χ2v) is 5.05. The van der Waals surface area contributed by atoms with E-state index < -0.39 is 0 Å². The fraction of sp³-hybridized carbons (Fsp3) is 0.533. The molecule has 0 atom stereocenters. The summed E-state index contributed by atoms with van der Waals surface area (Å²) in [4.78, 5) is 16.2. The number of anilines is 1. The summed E-state index contributed by atoms with van der Waals surface area (Å²) in [5.41, 5.74) is 0.667. The molecule has 2 rings (SSSR count). The van der Waals surface area contributed by atoms with Crippen LogP contribution >= 0.6 is 0 Å². The first-order chi connectivity index (χ1) is 10.7. The molecular weight excluding hydrogens is 286 g/mol. The van der Waals surface area contributed by atoms with E-state index in [9.17, 15) is 4.79 Å². The zero-order valence-electron chi connectivity index (χ0n) is 13.0. The van der Waals surface area contributed by atoms with E-state index in [1.54, 1.807) is 37.3 Å². The quantitative estimate of drug-likeness (QED) is 0.843. The van der Waals surface area contributed by atoms with Gasteiger partial charge in [-0.15, -0.1) is 0 Å². The van der Waals surface area contributed by atoms with Crippen LogP contribution in [0.1, 0.15) is 0 Å². The maximum Gasteiger partial charge on any atom is 0.321 e. The lowest BCUT2D eigenvalue weighted by Crippen LogP contribution is -2.50. The van der Waals surface area contributed by atoms with E-state index in [0.717, 1.165) is 13.1 Å². The lowest BCUT2D eigenvalue weighted by atomic mass is 10.2. The van der Waals surface area contributed by atoms with Crippen molar-refractivity contribution < 1.29 is 19.4 Å². The molecule has 1 saturated heterocycles. The highest BCUT2D eigenvalue weighted by Crippen LogP contribution is 2.29. The summed E-state index contributed by atoms with van der Waals surface area (Å²) in [6, 6.07) is 5.14. The average molecular weight is 309 g/mol. The van der Waals surface area contributed by atoms with Crippen molar-refractivity contribution in [3.8, 4) is 11.5 Å². The molecule has 0 bridgehead atoms. The van der Waals surface area contributed by atoms with E-state index in [0.29, 0.717) is 36.8 Å².